The number of ether oxygens (including phenoxy) is 1. The van der Waals surface area contributed by atoms with Crippen LogP contribution in [0.1, 0.15) is 34.3 Å². The summed E-state index contributed by atoms with van der Waals surface area (Å²) in [4.78, 5) is 15.9. The van der Waals surface area contributed by atoms with Crippen LogP contribution < -0.4 is 0 Å². The number of nitrogens with zero attached hydrogens (tertiary/aromatic N) is 1. The topological polar surface area (TPSA) is 29.5 Å². The molecule has 0 aliphatic carbocycles. The molecule has 0 aromatic heterocycles. The molecule has 0 bridgehead atoms. The van der Waals surface area contributed by atoms with Gasteiger partial charge in [-0.3, -0.25) is 4.79 Å². The number of hydrogen-bond donors (Lipinski definition) is 0. The molecular weight excluding hydrogens is 382 g/mol. The molecule has 0 unspecified atom stereocenters. The van der Waals surface area contributed by atoms with Crippen LogP contribution in [0.15, 0.2) is 96.6 Å². The molecule has 0 amide bonds. The summed E-state index contributed by atoms with van der Waals surface area (Å²) < 4.78 is 5.96. The Morgan fingerprint density at radius 3 is 2.10 bits per heavy atom. The van der Waals surface area contributed by atoms with Gasteiger partial charge in [-0.15, -0.1) is 0 Å². The first-order valence-corrected chi connectivity index (χ1v) is 10.9. The van der Waals surface area contributed by atoms with E-state index in [2.05, 4.69) is 60.5 Å². The molecule has 158 valence electrons. The van der Waals surface area contributed by atoms with Gasteiger partial charge < -0.3 is 9.64 Å². The Bertz CT molecular complexity index is 1030. The quantitative estimate of drug-likeness (QED) is 0.470. The highest BCUT2D eigenvalue weighted by atomic mass is 16.5. The van der Waals surface area contributed by atoms with Crippen LogP contribution in [0.3, 0.4) is 0 Å². The van der Waals surface area contributed by atoms with Crippen LogP contribution in [-0.4, -0.2) is 37.5 Å². The highest BCUT2D eigenvalue weighted by Crippen LogP contribution is 2.43. The van der Waals surface area contributed by atoms with Gasteiger partial charge in [0.1, 0.15) is 0 Å². The van der Waals surface area contributed by atoms with Crippen molar-refractivity contribution in [3.63, 3.8) is 0 Å². The molecule has 3 nitrogen and oxygen atoms in total. The van der Waals surface area contributed by atoms with E-state index in [1.54, 1.807) is 0 Å². The highest BCUT2D eigenvalue weighted by Gasteiger charge is 2.39. The standard InChI is InChI=1S/C28H29NO2/c1-3-31-20-25-26(21-13-7-4-8-14-21)24(28(30)23-17-11-6-12-18-23)19-29(2)27(25)22-15-9-5-10-16-22/h4-18,24,26H,3,19-20H2,1-2H3/t24-,26+/m1/s1. The van der Waals surface area contributed by atoms with Gasteiger partial charge in [0.2, 0.25) is 0 Å². The van der Waals surface area contributed by atoms with Gasteiger partial charge in [0.15, 0.2) is 5.78 Å². The van der Waals surface area contributed by atoms with Crippen LogP contribution in [-0.2, 0) is 4.74 Å². The predicted molar refractivity (Wildman–Crippen MR) is 126 cm³/mol. The number of ketones is 1. The third-order valence-corrected chi connectivity index (χ3v) is 6.00. The number of Topliss-reactive ketones (excluding diaryl/α,β-unsaturated/α-hetero) is 1. The van der Waals surface area contributed by atoms with Crippen LogP contribution in [0.4, 0.5) is 0 Å². The van der Waals surface area contributed by atoms with E-state index in [-0.39, 0.29) is 17.6 Å². The zero-order valence-corrected chi connectivity index (χ0v) is 18.2. The van der Waals surface area contributed by atoms with Gasteiger partial charge in [-0.25, -0.2) is 0 Å². The van der Waals surface area contributed by atoms with Gasteiger partial charge in [-0.2, -0.15) is 0 Å². The fraction of sp³-hybridized carbons (Fsp3) is 0.250. The van der Waals surface area contributed by atoms with Crippen molar-refractivity contribution >= 4 is 11.5 Å². The average molecular weight is 412 g/mol. The van der Waals surface area contributed by atoms with E-state index in [4.69, 9.17) is 4.74 Å². The first-order chi connectivity index (χ1) is 15.2. The lowest BCUT2D eigenvalue weighted by Crippen LogP contribution is -2.41. The summed E-state index contributed by atoms with van der Waals surface area (Å²) in [5.41, 5.74) is 5.42. The second-order valence-electron chi connectivity index (χ2n) is 7.98. The van der Waals surface area contributed by atoms with Crippen molar-refractivity contribution < 1.29 is 9.53 Å². The molecule has 0 saturated carbocycles. The van der Waals surface area contributed by atoms with Crippen LogP contribution in [0, 0.1) is 5.92 Å². The summed E-state index contributed by atoms with van der Waals surface area (Å²) in [7, 11) is 2.08. The third-order valence-electron chi connectivity index (χ3n) is 6.00. The molecule has 0 spiro atoms. The SMILES string of the molecule is CCOCC1=C(c2ccccc2)N(C)C[C@@H](C(=O)c2ccccc2)[C@@H]1c1ccccc1. The number of rotatable bonds is 7. The minimum atomic E-state index is -0.183. The van der Waals surface area contributed by atoms with Crippen LogP contribution >= 0.6 is 0 Å². The van der Waals surface area contributed by atoms with E-state index in [1.165, 1.54) is 11.3 Å². The molecule has 4 rings (SSSR count). The first kappa shape index (κ1) is 21.1. The Labute approximate surface area is 185 Å². The second kappa shape index (κ2) is 9.76. The molecule has 0 fully saturated rings. The number of carbonyl (C=O) groups excluding carboxylic acids is 1. The Hall–Kier alpha value is -3.17. The average Bonchev–Trinajstić information content (AvgIpc) is 2.83. The van der Waals surface area contributed by atoms with Crippen molar-refractivity contribution in [1.29, 1.82) is 0 Å². The van der Waals surface area contributed by atoms with Gasteiger partial charge in [-0.05, 0) is 23.6 Å². The summed E-state index contributed by atoms with van der Waals surface area (Å²) in [6, 6.07) is 30.5. The van der Waals surface area contributed by atoms with Gasteiger partial charge in [0.05, 0.1) is 12.5 Å². The summed E-state index contributed by atoms with van der Waals surface area (Å²) in [6.07, 6.45) is 0. The Morgan fingerprint density at radius 1 is 0.903 bits per heavy atom. The highest BCUT2D eigenvalue weighted by molar-refractivity contribution is 5.99. The van der Waals surface area contributed by atoms with E-state index < -0.39 is 0 Å². The molecule has 0 N–H and O–H groups in total. The Morgan fingerprint density at radius 2 is 1.48 bits per heavy atom. The molecule has 1 heterocycles. The minimum Gasteiger partial charge on any atom is -0.377 e. The van der Waals surface area contributed by atoms with Crippen molar-refractivity contribution in [1.82, 2.24) is 4.90 Å². The van der Waals surface area contributed by atoms with Crippen LogP contribution in [0.2, 0.25) is 0 Å². The van der Waals surface area contributed by atoms with Crippen molar-refractivity contribution in [3.8, 4) is 0 Å². The predicted octanol–water partition coefficient (Wildman–Crippen LogP) is 5.66. The molecule has 0 saturated heterocycles. The van der Waals surface area contributed by atoms with Gasteiger partial charge in [0, 0.05) is 37.4 Å². The Kier molecular flexibility index (Phi) is 6.63. The maximum absolute atomic E-state index is 13.7. The molecule has 0 radical (unpaired) electrons. The summed E-state index contributed by atoms with van der Waals surface area (Å²) in [5.74, 6) is -0.0352. The van der Waals surface area contributed by atoms with Crippen molar-refractivity contribution in [2.24, 2.45) is 5.92 Å². The molecule has 1 aliphatic heterocycles. The molecule has 3 aromatic carbocycles. The molecule has 3 heteroatoms. The fourth-order valence-corrected chi connectivity index (χ4v) is 4.64. The van der Waals surface area contributed by atoms with E-state index in [1.807, 2.05) is 49.4 Å². The van der Waals surface area contributed by atoms with E-state index in [9.17, 15) is 4.79 Å². The molecule has 2 atom stereocenters. The largest absolute Gasteiger partial charge is 0.377 e. The van der Waals surface area contributed by atoms with E-state index in [0.717, 1.165) is 16.7 Å². The second-order valence-corrected chi connectivity index (χ2v) is 7.98. The maximum Gasteiger partial charge on any atom is 0.168 e. The van der Waals surface area contributed by atoms with Crippen molar-refractivity contribution in [3.05, 3.63) is 113 Å². The molecule has 1 aliphatic rings. The molecule has 31 heavy (non-hydrogen) atoms. The van der Waals surface area contributed by atoms with Crippen LogP contribution in [0.25, 0.3) is 5.70 Å². The fourth-order valence-electron chi connectivity index (χ4n) is 4.64. The van der Waals surface area contributed by atoms with E-state index >= 15 is 0 Å². The lowest BCUT2D eigenvalue weighted by Gasteiger charge is -2.41. The first-order valence-electron chi connectivity index (χ1n) is 10.9. The number of benzene rings is 3. The van der Waals surface area contributed by atoms with Gasteiger partial charge in [-0.1, -0.05) is 91.0 Å². The van der Waals surface area contributed by atoms with E-state index in [0.29, 0.717) is 19.8 Å². The molecular formula is C28H29NO2. The zero-order chi connectivity index (χ0) is 21.6. The summed E-state index contributed by atoms with van der Waals surface area (Å²) in [5, 5.41) is 0. The lowest BCUT2D eigenvalue weighted by molar-refractivity contribution is 0.0868. The normalized spacial score (nSPS) is 18.8. The number of hydrogen-bond acceptors (Lipinski definition) is 3. The Balaban J connectivity index is 1.88. The van der Waals surface area contributed by atoms with Crippen LogP contribution in [0.5, 0.6) is 0 Å². The summed E-state index contributed by atoms with van der Waals surface area (Å²) >= 11 is 0. The lowest BCUT2D eigenvalue weighted by atomic mass is 9.73. The summed E-state index contributed by atoms with van der Waals surface area (Å²) in [6.45, 7) is 3.81. The third kappa shape index (κ3) is 4.47. The van der Waals surface area contributed by atoms with Crippen molar-refractivity contribution in [2.45, 2.75) is 12.8 Å². The van der Waals surface area contributed by atoms with Gasteiger partial charge in [0.25, 0.3) is 0 Å². The smallest absolute Gasteiger partial charge is 0.168 e. The molecule has 3 aromatic rings. The monoisotopic (exact) mass is 411 g/mol. The van der Waals surface area contributed by atoms with Crippen molar-refractivity contribution in [2.75, 3.05) is 26.8 Å². The zero-order valence-electron chi connectivity index (χ0n) is 18.2. The number of carbonyl (C=O) groups is 1. The van der Waals surface area contributed by atoms with Gasteiger partial charge >= 0.3 is 0 Å². The minimum absolute atomic E-state index is 0.0353. The maximum atomic E-state index is 13.7.